The molecule has 0 aliphatic carbocycles. The summed E-state index contributed by atoms with van der Waals surface area (Å²) in [6.45, 7) is 1.60. The van der Waals surface area contributed by atoms with Gasteiger partial charge in [0.1, 0.15) is 5.82 Å². The minimum Gasteiger partial charge on any atom is -0.421 e. The van der Waals surface area contributed by atoms with Crippen molar-refractivity contribution in [3.05, 3.63) is 53.4 Å². The number of likely N-dealkylation sites (tertiary alicyclic amines) is 1. The van der Waals surface area contributed by atoms with Crippen molar-refractivity contribution in [2.24, 2.45) is 13.0 Å². The van der Waals surface area contributed by atoms with E-state index in [-0.39, 0.29) is 5.91 Å². The van der Waals surface area contributed by atoms with Gasteiger partial charge in [0.2, 0.25) is 17.7 Å². The fourth-order valence-corrected chi connectivity index (χ4v) is 3.87. The lowest BCUT2D eigenvalue weighted by Crippen LogP contribution is -2.40. The van der Waals surface area contributed by atoms with Gasteiger partial charge >= 0.3 is 0 Å². The molecule has 1 aliphatic rings. The van der Waals surface area contributed by atoms with E-state index in [9.17, 15) is 4.79 Å². The molecule has 1 saturated heterocycles. The molecule has 0 N–H and O–H groups in total. The highest BCUT2D eigenvalue weighted by molar-refractivity contribution is 6.30. The number of aromatic nitrogens is 4. The Hall–Kier alpha value is -2.67. The summed E-state index contributed by atoms with van der Waals surface area (Å²) in [6, 6.07) is 7.23. The summed E-state index contributed by atoms with van der Waals surface area (Å²) in [5.74, 6) is 2.58. The number of carbonyl (C=O) groups excluding carboxylic acids is 1. The fourth-order valence-electron chi connectivity index (χ4n) is 3.75. The van der Waals surface area contributed by atoms with E-state index in [1.807, 2.05) is 36.5 Å². The third-order valence-corrected chi connectivity index (χ3v) is 5.63. The number of carbonyl (C=O) groups is 1. The van der Waals surface area contributed by atoms with Gasteiger partial charge in [-0.3, -0.25) is 4.79 Å². The van der Waals surface area contributed by atoms with Crippen molar-refractivity contribution in [2.75, 3.05) is 13.1 Å². The van der Waals surface area contributed by atoms with Gasteiger partial charge in [0.15, 0.2) is 0 Å². The molecule has 3 heterocycles. The van der Waals surface area contributed by atoms with E-state index < -0.39 is 0 Å². The summed E-state index contributed by atoms with van der Waals surface area (Å²) >= 11 is 5.91. The number of hydrogen-bond donors (Lipinski definition) is 0. The average molecular weight is 414 g/mol. The molecule has 0 bridgehead atoms. The first-order valence-corrected chi connectivity index (χ1v) is 10.3. The van der Waals surface area contributed by atoms with Crippen LogP contribution in [0, 0.1) is 5.92 Å². The Bertz CT molecular complexity index is 966. The standard InChI is InChI=1S/C21H24ClN5O2/c1-26-12-10-23-18(26)13-15-3-2-11-27(14-15)20(28)9-8-19-24-25-21(29-19)16-4-6-17(22)7-5-16/h4-7,10,12,15H,2-3,8-9,11,13-14H2,1H3. The van der Waals surface area contributed by atoms with Crippen LogP contribution in [0.3, 0.4) is 0 Å². The Labute approximate surface area is 174 Å². The summed E-state index contributed by atoms with van der Waals surface area (Å²) in [4.78, 5) is 19.1. The highest BCUT2D eigenvalue weighted by Crippen LogP contribution is 2.22. The van der Waals surface area contributed by atoms with Crippen LogP contribution in [0.1, 0.15) is 31.0 Å². The van der Waals surface area contributed by atoms with Gasteiger partial charge < -0.3 is 13.9 Å². The van der Waals surface area contributed by atoms with Gasteiger partial charge in [-0.1, -0.05) is 11.6 Å². The van der Waals surface area contributed by atoms with E-state index in [0.29, 0.717) is 35.6 Å². The first-order chi connectivity index (χ1) is 14.1. The average Bonchev–Trinajstić information content (AvgIpc) is 3.36. The van der Waals surface area contributed by atoms with Gasteiger partial charge in [-0.2, -0.15) is 0 Å². The van der Waals surface area contributed by atoms with Crippen LogP contribution in [-0.4, -0.2) is 43.6 Å². The lowest BCUT2D eigenvalue weighted by atomic mass is 9.94. The number of imidazole rings is 1. The summed E-state index contributed by atoms with van der Waals surface area (Å²) in [7, 11) is 2.01. The minimum absolute atomic E-state index is 0.140. The number of benzene rings is 1. The molecule has 1 unspecified atom stereocenters. The zero-order valence-electron chi connectivity index (χ0n) is 16.4. The van der Waals surface area contributed by atoms with E-state index in [4.69, 9.17) is 16.0 Å². The first kappa shape index (κ1) is 19.6. The molecule has 1 atom stereocenters. The lowest BCUT2D eigenvalue weighted by Gasteiger charge is -2.32. The molecule has 29 heavy (non-hydrogen) atoms. The molecule has 4 rings (SSSR count). The number of aryl methyl sites for hydroxylation is 2. The Morgan fingerprint density at radius 1 is 1.28 bits per heavy atom. The molecular formula is C21H24ClN5O2. The SMILES string of the molecule is Cn1ccnc1CC1CCCN(C(=O)CCc2nnc(-c3ccc(Cl)cc3)o2)C1. The third-order valence-electron chi connectivity index (χ3n) is 5.37. The molecule has 0 spiro atoms. The van der Waals surface area contributed by atoms with Crippen LogP contribution in [0.5, 0.6) is 0 Å². The molecule has 1 aromatic carbocycles. The van der Waals surface area contributed by atoms with Crippen LogP contribution >= 0.6 is 11.6 Å². The zero-order chi connectivity index (χ0) is 20.2. The summed E-state index contributed by atoms with van der Waals surface area (Å²) in [5, 5.41) is 8.80. The second-order valence-corrected chi connectivity index (χ2v) is 7.95. The number of hydrogen-bond acceptors (Lipinski definition) is 5. The van der Waals surface area contributed by atoms with Gasteiger partial charge in [0, 0.05) is 62.4 Å². The van der Waals surface area contributed by atoms with Crippen LogP contribution in [0.4, 0.5) is 0 Å². The zero-order valence-corrected chi connectivity index (χ0v) is 17.2. The Morgan fingerprint density at radius 3 is 2.86 bits per heavy atom. The number of rotatable bonds is 6. The summed E-state index contributed by atoms with van der Waals surface area (Å²) in [5.41, 5.74) is 0.813. The molecule has 152 valence electrons. The number of amides is 1. The molecule has 8 heteroatoms. The van der Waals surface area contributed by atoms with Crippen molar-refractivity contribution >= 4 is 17.5 Å². The maximum Gasteiger partial charge on any atom is 0.247 e. The summed E-state index contributed by atoms with van der Waals surface area (Å²) < 4.78 is 7.75. The van der Waals surface area contributed by atoms with Crippen LogP contribution in [-0.2, 0) is 24.7 Å². The van der Waals surface area contributed by atoms with Crippen molar-refractivity contribution < 1.29 is 9.21 Å². The fraction of sp³-hybridized carbons (Fsp3) is 0.429. The molecule has 1 amide bonds. The Balaban J connectivity index is 1.30. The molecule has 0 saturated carbocycles. The smallest absolute Gasteiger partial charge is 0.247 e. The Morgan fingerprint density at radius 2 is 2.10 bits per heavy atom. The van der Waals surface area contributed by atoms with Crippen molar-refractivity contribution in [3.63, 3.8) is 0 Å². The molecule has 1 fully saturated rings. The van der Waals surface area contributed by atoms with E-state index >= 15 is 0 Å². The monoisotopic (exact) mass is 413 g/mol. The van der Waals surface area contributed by atoms with Crippen molar-refractivity contribution in [3.8, 4) is 11.5 Å². The lowest BCUT2D eigenvalue weighted by molar-refractivity contribution is -0.133. The normalized spacial score (nSPS) is 16.9. The van der Waals surface area contributed by atoms with Crippen molar-refractivity contribution in [1.82, 2.24) is 24.6 Å². The topological polar surface area (TPSA) is 77.1 Å². The van der Waals surface area contributed by atoms with E-state index in [2.05, 4.69) is 19.7 Å². The molecular weight excluding hydrogens is 390 g/mol. The van der Waals surface area contributed by atoms with E-state index in [0.717, 1.165) is 43.7 Å². The quantitative estimate of drug-likeness (QED) is 0.617. The second kappa shape index (κ2) is 8.78. The maximum atomic E-state index is 12.7. The van der Waals surface area contributed by atoms with Gasteiger partial charge in [0.05, 0.1) is 0 Å². The second-order valence-electron chi connectivity index (χ2n) is 7.51. The van der Waals surface area contributed by atoms with E-state index in [1.165, 1.54) is 0 Å². The first-order valence-electron chi connectivity index (χ1n) is 9.91. The maximum absolute atomic E-state index is 12.7. The number of nitrogens with zero attached hydrogens (tertiary/aromatic N) is 5. The number of piperidine rings is 1. The largest absolute Gasteiger partial charge is 0.421 e. The van der Waals surface area contributed by atoms with Gasteiger partial charge in [-0.15, -0.1) is 10.2 Å². The highest BCUT2D eigenvalue weighted by atomic mass is 35.5. The van der Waals surface area contributed by atoms with Gasteiger partial charge in [-0.05, 0) is 43.0 Å². The number of halogens is 1. The third kappa shape index (κ3) is 4.85. The van der Waals surface area contributed by atoms with Crippen molar-refractivity contribution in [1.29, 1.82) is 0 Å². The van der Waals surface area contributed by atoms with Gasteiger partial charge in [0.25, 0.3) is 0 Å². The Kier molecular flexibility index (Phi) is 5.94. The van der Waals surface area contributed by atoms with Gasteiger partial charge in [-0.25, -0.2) is 4.98 Å². The van der Waals surface area contributed by atoms with Crippen molar-refractivity contribution in [2.45, 2.75) is 32.1 Å². The molecule has 0 radical (unpaired) electrons. The molecule has 7 nitrogen and oxygen atoms in total. The summed E-state index contributed by atoms with van der Waals surface area (Å²) in [6.07, 6.45) is 7.67. The molecule has 2 aromatic heterocycles. The minimum atomic E-state index is 0.140. The van der Waals surface area contributed by atoms with Crippen LogP contribution < -0.4 is 0 Å². The highest BCUT2D eigenvalue weighted by Gasteiger charge is 2.25. The predicted octanol–water partition coefficient (Wildman–Crippen LogP) is 3.54. The van der Waals surface area contributed by atoms with Crippen LogP contribution in [0.15, 0.2) is 41.1 Å². The molecule has 1 aliphatic heterocycles. The van der Waals surface area contributed by atoms with Crippen LogP contribution in [0.2, 0.25) is 5.02 Å². The molecule has 3 aromatic rings. The van der Waals surface area contributed by atoms with Crippen LogP contribution in [0.25, 0.3) is 11.5 Å². The predicted molar refractivity (Wildman–Crippen MR) is 109 cm³/mol. The van der Waals surface area contributed by atoms with E-state index in [1.54, 1.807) is 12.1 Å².